The van der Waals surface area contributed by atoms with E-state index in [1.807, 2.05) is 4.90 Å². The fourth-order valence-electron chi connectivity index (χ4n) is 3.38. The zero-order valence-electron chi connectivity index (χ0n) is 18.1. The van der Waals surface area contributed by atoms with Gasteiger partial charge in [0.05, 0.1) is 26.9 Å². The minimum Gasteiger partial charge on any atom is -0.444 e. The number of ether oxygens (including phenoxy) is 1. The maximum atomic E-state index is 13.1. The molecule has 9 nitrogen and oxygen atoms in total. The van der Waals surface area contributed by atoms with Crippen LogP contribution in [0.25, 0.3) is 0 Å². The largest absolute Gasteiger partial charge is 0.444 e. The first kappa shape index (κ1) is 23.3. The number of para-hydroxylation sites is 1. The zero-order valence-corrected chi connectivity index (χ0v) is 18.9. The van der Waals surface area contributed by atoms with E-state index in [9.17, 15) is 19.7 Å². The maximum Gasteiger partial charge on any atom is 0.412 e. The highest BCUT2D eigenvalue weighted by molar-refractivity contribution is 6.33. The van der Waals surface area contributed by atoms with Gasteiger partial charge in [-0.1, -0.05) is 23.7 Å². The van der Waals surface area contributed by atoms with E-state index in [0.717, 1.165) is 0 Å². The van der Waals surface area contributed by atoms with Gasteiger partial charge < -0.3 is 14.5 Å². The van der Waals surface area contributed by atoms with Crippen LogP contribution in [-0.4, -0.2) is 53.6 Å². The molecule has 1 aliphatic heterocycles. The molecule has 1 N–H and O–H groups in total. The van der Waals surface area contributed by atoms with Gasteiger partial charge in [0.15, 0.2) is 0 Å². The lowest BCUT2D eigenvalue weighted by atomic mass is 10.1. The number of nitrogens with one attached hydrogen (secondary N) is 1. The van der Waals surface area contributed by atoms with E-state index in [2.05, 4.69) is 5.32 Å². The number of nitro groups is 1. The number of anilines is 2. The van der Waals surface area contributed by atoms with Crippen molar-refractivity contribution < 1.29 is 19.2 Å². The van der Waals surface area contributed by atoms with Crippen LogP contribution in [0.5, 0.6) is 0 Å². The lowest BCUT2D eigenvalue weighted by molar-refractivity contribution is -0.384. The van der Waals surface area contributed by atoms with Crippen LogP contribution in [0, 0.1) is 10.1 Å². The van der Waals surface area contributed by atoms with E-state index in [4.69, 9.17) is 16.3 Å². The van der Waals surface area contributed by atoms with E-state index < -0.39 is 16.6 Å². The summed E-state index contributed by atoms with van der Waals surface area (Å²) in [5.41, 5.74) is 0.726. The number of hydrogen-bond acceptors (Lipinski definition) is 6. The number of non-ortho nitro benzene ring substituents is 1. The van der Waals surface area contributed by atoms with Crippen molar-refractivity contribution in [3.05, 3.63) is 63.2 Å². The van der Waals surface area contributed by atoms with Gasteiger partial charge in [-0.2, -0.15) is 0 Å². The molecule has 0 aromatic heterocycles. The smallest absolute Gasteiger partial charge is 0.412 e. The number of benzene rings is 2. The second-order valence-corrected chi connectivity index (χ2v) is 8.75. The third-order valence-corrected chi connectivity index (χ3v) is 5.15. The molecule has 0 radical (unpaired) electrons. The number of carbonyl (C=O) groups is 2. The SMILES string of the molecule is CC(C)(C)OC(=O)Nc1ccccc1C(=O)N1CCN(c2ccc([N+](=O)[O-])cc2Cl)CC1. The van der Waals surface area contributed by atoms with Crippen molar-refractivity contribution in [1.29, 1.82) is 0 Å². The molecule has 1 heterocycles. The van der Waals surface area contributed by atoms with Gasteiger partial charge in [0.1, 0.15) is 5.60 Å². The van der Waals surface area contributed by atoms with Crippen molar-refractivity contribution >= 4 is 40.7 Å². The number of piperazine rings is 1. The number of nitrogens with zero attached hydrogens (tertiary/aromatic N) is 3. The van der Waals surface area contributed by atoms with Crippen molar-refractivity contribution in [2.24, 2.45) is 0 Å². The second kappa shape index (κ2) is 9.44. The van der Waals surface area contributed by atoms with Crippen LogP contribution in [0.4, 0.5) is 21.9 Å². The molecule has 2 amide bonds. The Morgan fingerprint density at radius 2 is 1.75 bits per heavy atom. The predicted octanol–water partition coefficient (Wildman–Crippen LogP) is 4.56. The average molecular weight is 461 g/mol. The molecule has 1 saturated heterocycles. The summed E-state index contributed by atoms with van der Waals surface area (Å²) in [6, 6.07) is 11.2. The molecule has 1 aliphatic rings. The summed E-state index contributed by atoms with van der Waals surface area (Å²) in [6.07, 6.45) is -0.629. The fourth-order valence-corrected chi connectivity index (χ4v) is 3.67. The van der Waals surface area contributed by atoms with Gasteiger partial charge in [0.25, 0.3) is 11.6 Å². The normalized spacial score (nSPS) is 14.1. The third-order valence-electron chi connectivity index (χ3n) is 4.84. The monoisotopic (exact) mass is 460 g/mol. The Labute approximate surface area is 191 Å². The highest BCUT2D eigenvalue weighted by Crippen LogP contribution is 2.30. The Hall–Kier alpha value is -3.33. The molecule has 2 aromatic rings. The Morgan fingerprint density at radius 1 is 1.09 bits per heavy atom. The molecular formula is C22H25ClN4O5. The molecule has 0 spiro atoms. The predicted molar refractivity (Wildman–Crippen MR) is 123 cm³/mol. The fraction of sp³-hybridized carbons (Fsp3) is 0.364. The van der Waals surface area contributed by atoms with Gasteiger partial charge in [-0.15, -0.1) is 0 Å². The Bertz CT molecular complexity index is 1030. The van der Waals surface area contributed by atoms with Gasteiger partial charge in [-0.3, -0.25) is 20.2 Å². The first-order valence-corrected chi connectivity index (χ1v) is 10.5. The first-order chi connectivity index (χ1) is 15.0. The summed E-state index contributed by atoms with van der Waals surface area (Å²) in [6.45, 7) is 7.21. The lowest BCUT2D eigenvalue weighted by Gasteiger charge is -2.36. The van der Waals surface area contributed by atoms with Crippen molar-refractivity contribution in [1.82, 2.24) is 4.90 Å². The lowest BCUT2D eigenvalue weighted by Crippen LogP contribution is -2.49. The van der Waals surface area contributed by atoms with Crippen molar-refractivity contribution in [3.8, 4) is 0 Å². The maximum absolute atomic E-state index is 13.1. The number of carbonyl (C=O) groups excluding carboxylic acids is 2. The first-order valence-electron chi connectivity index (χ1n) is 10.1. The quantitative estimate of drug-likeness (QED) is 0.529. The van der Waals surface area contributed by atoms with E-state index >= 15 is 0 Å². The molecule has 3 rings (SSSR count). The van der Waals surface area contributed by atoms with Gasteiger partial charge in [0, 0.05) is 38.3 Å². The minimum atomic E-state index is -0.654. The van der Waals surface area contributed by atoms with Gasteiger partial charge in [-0.05, 0) is 39.0 Å². The summed E-state index contributed by atoms with van der Waals surface area (Å²) < 4.78 is 5.28. The van der Waals surface area contributed by atoms with Crippen LogP contribution in [0.3, 0.4) is 0 Å². The molecule has 0 unspecified atom stereocenters. The van der Waals surface area contributed by atoms with Gasteiger partial charge >= 0.3 is 6.09 Å². The molecule has 10 heteroatoms. The van der Waals surface area contributed by atoms with Crippen molar-refractivity contribution in [3.63, 3.8) is 0 Å². The van der Waals surface area contributed by atoms with E-state index in [1.165, 1.54) is 12.1 Å². The highest BCUT2D eigenvalue weighted by atomic mass is 35.5. The van der Waals surface area contributed by atoms with E-state index in [-0.39, 0.29) is 11.6 Å². The molecule has 2 aromatic carbocycles. The number of rotatable bonds is 4. The molecule has 0 atom stereocenters. The van der Waals surface area contributed by atoms with Crippen LogP contribution in [0.1, 0.15) is 31.1 Å². The van der Waals surface area contributed by atoms with Crippen LogP contribution in [0.15, 0.2) is 42.5 Å². The molecule has 0 bridgehead atoms. The van der Waals surface area contributed by atoms with Crippen LogP contribution in [0.2, 0.25) is 5.02 Å². The van der Waals surface area contributed by atoms with Crippen LogP contribution in [-0.2, 0) is 4.74 Å². The molecule has 0 aliphatic carbocycles. The topological polar surface area (TPSA) is 105 Å². The Morgan fingerprint density at radius 3 is 2.34 bits per heavy atom. The van der Waals surface area contributed by atoms with E-state index in [0.29, 0.717) is 48.1 Å². The van der Waals surface area contributed by atoms with Gasteiger partial charge in [0.2, 0.25) is 0 Å². The van der Waals surface area contributed by atoms with Crippen molar-refractivity contribution in [2.45, 2.75) is 26.4 Å². The summed E-state index contributed by atoms with van der Waals surface area (Å²) in [5.74, 6) is -0.203. The second-order valence-electron chi connectivity index (χ2n) is 8.34. The number of hydrogen-bond donors (Lipinski definition) is 1. The Kier molecular flexibility index (Phi) is 6.88. The van der Waals surface area contributed by atoms with Crippen molar-refractivity contribution in [2.75, 3.05) is 36.4 Å². The average Bonchev–Trinajstić information content (AvgIpc) is 2.72. The molecule has 1 fully saturated rings. The molecular weight excluding hydrogens is 436 g/mol. The summed E-state index contributed by atoms with van der Waals surface area (Å²) in [4.78, 5) is 39.4. The summed E-state index contributed by atoms with van der Waals surface area (Å²) in [5, 5.41) is 13.9. The molecule has 170 valence electrons. The number of amides is 2. The Balaban J connectivity index is 1.67. The van der Waals surface area contributed by atoms with Crippen LogP contribution >= 0.6 is 11.6 Å². The number of nitro benzene ring substituents is 1. The third kappa shape index (κ3) is 5.67. The minimum absolute atomic E-state index is 0.0679. The standard InChI is InChI=1S/C22H25ClN4O5/c1-22(2,3)32-21(29)24-18-7-5-4-6-16(18)20(28)26-12-10-25(11-13-26)19-9-8-15(27(30)31)14-17(19)23/h4-9,14H,10-13H2,1-3H3,(H,24,29). The summed E-state index contributed by atoms with van der Waals surface area (Å²) in [7, 11) is 0. The summed E-state index contributed by atoms with van der Waals surface area (Å²) >= 11 is 6.24. The van der Waals surface area contributed by atoms with Gasteiger partial charge in [-0.25, -0.2) is 4.79 Å². The number of halogens is 1. The zero-order chi connectivity index (χ0) is 23.5. The molecule has 0 saturated carbocycles. The highest BCUT2D eigenvalue weighted by Gasteiger charge is 2.26. The van der Waals surface area contributed by atoms with Crippen LogP contribution < -0.4 is 10.2 Å². The molecule has 32 heavy (non-hydrogen) atoms. The van der Waals surface area contributed by atoms with E-state index in [1.54, 1.807) is 56.0 Å².